The van der Waals surface area contributed by atoms with Gasteiger partial charge in [0.15, 0.2) is 0 Å². The maximum absolute atomic E-state index is 12.1. The third kappa shape index (κ3) is 5.87. The third-order valence-electron chi connectivity index (χ3n) is 5.93. The SMILES string of the molecule is C=CC(=O)Nc1cc(Nc2ncc3cccc(-c4cccc(C)c4)c3n2)ccc1N(C)CCN(C)C. The summed E-state index contributed by atoms with van der Waals surface area (Å²) >= 11 is 0. The van der Waals surface area contributed by atoms with Gasteiger partial charge in [-0.25, -0.2) is 9.97 Å². The molecule has 0 saturated heterocycles. The van der Waals surface area contributed by atoms with Crippen LogP contribution in [0.5, 0.6) is 0 Å². The van der Waals surface area contributed by atoms with Crippen LogP contribution in [-0.2, 0) is 4.79 Å². The van der Waals surface area contributed by atoms with Gasteiger partial charge in [0.2, 0.25) is 11.9 Å². The van der Waals surface area contributed by atoms with Crippen LogP contribution in [-0.4, -0.2) is 55.0 Å². The van der Waals surface area contributed by atoms with Gasteiger partial charge < -0.3 is 20.4 Å². The summed E-state index contributed by atoms with van der Waals surface area (Å²) in [6.45, 7) is 7.37. The van der Waals surface area contributed by atoms with Gasteiger partial charge in [-0.2, -0.15) is 0 Å². The van der Waals surface area contributed by atoms with Gasteiger partial charge in [0.1, 0.15) is 0 Å². The molecule has 3 aromatic carbocycles. The van der Waals surface area contributed by atoms with E-state index in [4.69, 9.17) is 4.98 Å². The highest BCUT2D eigenvalue weighted by Gasteiger charge is 2.13. The lowest BCUT2D eigenvalue weighted by Gasteiger charge is -2.24. The van der Waals surface area contributed by atoms with Crippen LogP contribution in [0, 0.1) is 6.92 Å². The number of anilines is 4. The van der Waals surface area contributed by atoms with Gasteiger partial charge in [-0.15, -0.1) is 0 Å². The molecule has 0 spiro atoms. The van der Waals surface area contributed by atoms with E-state index in [1.807, 2.05) is 57.7 Å². The summed E-state index contributed by atoms with van der Waals surface area (Å²) in [6, 6.07) is 20.3. The minimum atomic E-state index is -0.265. The molecule has 1 heterocycles. The van der Waals surface area contributed by atoms with E-state index in [0.29, 0.717) is 11.6 Å². The molecule has 0 bridgehead atoms. The van der Waals surface area contributed by atoms with Crippen LogP contribution in [0.25, 0.3) is 22.0 Å². The molecule has 0 aliphatic rings. The predicted molar refractivity (Wildman–Crippen MR) is 150 cm³/mol. The van der Waals surface area contributed by atoms with E-state index < -0.39 is 0 Å². The van der Waals surface area contributed by atoms with Crippen LogP contribution in [0.2, 0.25) is 0 Å². The summed E-state index contributed by atoms with van der Waals surface area (Å²) < 4.78 is 0. The fourth-order valence-corrected chi connectivity index (χ4v) is 3.99. The molecule has 1 aromatic heterocycles. The zero-order valence-electron chi connectivity index (χ0n) is 21.2. The van der Waals surface area contributed by atoms with Gasteiger partial charge in [-0.05, 0) is 50.9 Å². The lowest BCUT2D eigenvalue weighted by atomic mass is 10.0. The molecule has 4 aromatic rings. The number of hydrogen-bond donors (Lipinski definition) is 2. The van der Waals surface area contributed by atoms with Crippen LogP contribution < -0.4 is 15.5 Å². The van der Waals surface area contributed by atoms with Crippen molar-refractivity contribution in [3.8, 4) is 11.1 Å². The Kier molecular flexibility index (Phi) is 7.61. The van der Waals surface area contributed by atoms with E-state index in [1.54, 1.807) is 0 Å². The monoisotopic (exact) mass is 480 g/mol. The Labute approximate surface area is 212 Å². The van der Waals surface area contributed by atoms with Gasteiger partial charge in [0.05, 0.1) is 16.9 Å². The van der Waals surface area contributed by atoms with Crippen LogP contribution >= 0.6 is 0 Å². The molecule has 0 fully saturated rings. The number of aromatic nitrogens is 2. The number of hydrogen-bond acceptors (Lipinski definition) is 6. The number of likely N-dealkylation sites (N-methyl/N-ethyl adjacent to an activating group) is 2. The highest BCUT2D eigenvalue weighted by molar-refractivity contribution is 6.02. The average molecular weight is 481 g/mol. The number of rotatable bonds is 9. The maximum Gasteiger partial charge on any atom is 0.247 e. The molecule has 7 heteroatoms. The van der Waals surface area contributed by atoms with Crippen molar-refractivity contribution in [3.05, 3.63) is 85.1 Å². The second-order valence-electron chi connectivity index (χ2n) is 9.08. The van der Waals surface area contributed by atoms with Gasteiger partial charge >= 0.3 is 0 Å². The molecule has 4 rings (SSSR count). The Balaban J connectivity index is 1.67. The standard InChI is InChI=1S/C29H32N6O/c1-6-27(36)32-25-18-23(13-14-26(25)35(5)16-15-34(3)4)31-29-30-19-22-11-8-12-24(28(22)33-29)21-10-7-9-20(2)17-21/h6-14,17-19H,1,15-16H2,2-5H3,(H,32,36)(H,30,31,33). The van der Waals surface area contributed by atoms with Crippen LogP contribution in [0.4, 0.5) is 23.0 Å². The maximum atomic E-state index is 12.1. The van der Waals surface area contributed by atoms with Crippen molar-refractivity contribution in [2.45, 2.75) is 6.92 Å². The first-order valence-electron chi connectivity index (χ1n) is 11.9. The molecule has 7 nitrogen and oxygen atoms in total. The average Bonchev–Trinajstić information content (AvgIpc) is 2.87. The Hall–Kier alpha value is -4.23. The van der Waals surface area contributed by atoms with Gasteiger partial charge in [-0.3, -0.25) is 4.79 Å². The van der Waals surface area contributed by atoms with E-state index in [9.17, 15) is 4.79 Å². The number of aryl methyl sites for hydroxylation is 1. The van der Waals surface area contributed by atoms with Crippen molar-refractivity contribution >= 4 is 39.8 Å². The minimum absolute atomic E-state index is 0.265. The molecule has 36 heavy (non-hydrogen) atoms. The second kappa shape index (κ2) is 11.0. The first-order chi connectivity index (χ1) is 17.3. The number of nitrogens with one attached hydrogen (secondary N) is 2. The number of fused-ring (bicyclic) bond motifs is 1. The molecule has 0 unspecified atom stereocenters. The Bertz CT molecular complexity index is 1400. The smallest absolute Gasteiger partial charge is 0.247 e. The zero-order valence-corrected chi connectivity index (χ0v) is 21.2. The van der Waals surface area contributed by atoms with E-state index in [1.165, 1.54) is 11.6 Å². The van der Waals surface area contributed by atoms with Gasteiger partial charge in [0.25, 0.3) is 0 Å². The summed E-state index contributed by atoms with van der Waals surface area (Å²) in [4.78, 5) is 25.7. The quantitative estimate of drug-likeness (QED) is 0.310. The van der Waals surface area contributed by atoms with Gasteiger partial charge in [-0.1, -0.05) is 54.6 Å². The van der Waals surface area contributed by atoms with Crippen molar-refractivity contribution in [3.63, 3.8) is 0 Å². The highest BCUT2D eigenvalue weighted by Crippen LogP contribution is 2.31. The van der Waals surface area contributed by atoms with Crippen molar-refractivity contribution in [1.29, 1.82) is 0 Å². The molecular weight excluding hydrogens is 448 g/mol. The van der Waals surface area contributed by atoms with E-state index in [-0.39, 0.29) is 5.91 Å². The number of carbonyl (C=O) groups excluding carboxylic acids is 1. The van der Waals surface area contributed by atoms with Gasteiger partial charge in [0, 0.05) is 43.0 Å². The van der Waals surface area contributed by atoms with Crippen molar-refractivity contribution < 1.29 is 4.79 Å². The van der Waals surface area contributed by atoms with Crippen molar-refractivity contribution in [2.75, 3.05) is 49.8 Å². The molecule has 1 amide bonds. The topological polar surface area (TPSA) is 73.4 Å². The second-order valence-corrected chi connectivity index (χ2v) is 9.08. The Morgan fingerprint density at radius 3 is 2.58 bits per heavy atom. The number of carbonyl (C=O) groups is 1. The number of para-hydroxylation sites is 1. The molecular formula is C29H32N6O. The summed E-state index contributed by atoms with van der Waals surface area (Å²) in [7, 11) is 6.08. The fraction of sp³-hybridized carbons (Fsp3) is 0.207. The lowest BCUT2D eigenvalue weighted by molar-refractivity contribution is -0.111. The van der Waals surface area contributed by atoms with E-state index in [0.717, 1.165) is 46.5 Å². The predicted octanol–water partition coefficient (Wildman–Crippen LogP) is 5.47. The lowest BCUT2D eigenvalue weighted by Crippen LogP contribution is -2.29. The number of amides is 1. The van der Waals surface area contributed by atoms with E-state index >= 15 is 0 Å². The Morgan fingerprint density at radius 2 is 1.83 bits per heavy atom. The molecule has 0 atom stereocenters. The molecule has 0 radical (unpaired) electrons. The molecule has 2 N–H and O–H groups in total. The minimum Gasteiger partial charge on any atom is -0.372 e. The fourth-order valence-electron chi connectivity index (χ4n) is 3.99. The summed E-state index contributed by atoms with van der Waals surface area (Å²) in [5.74, 6) is 0.219. The van der Waals surface area contributed by atoms with E-state index in [2.05, 4.69) is 69.3 Å². The van der Waals surface area contributed by atoms with Crippen molar-refractivity contribution in [2.24, 2.45) is 0 Å². The van der Waals surface area contributed by atoms with Crippen molar-refractivity contribution in [1.82, 2.24) is 14.9 Å². The molecule has 184 valence electrons. The largest absolute Gasteiger partial charge is 0.372 e. The zero-order chi connectivity index (χ0) is 25.7. The molecule has 0 aliphatic carbocycles. The van der Waals surface area contributed by atoms with Crippen LogP contribution in [0.1, 0.15) is 5.56 Å². The molecule has 0 saturated carbocycles. The number of nitrogens with zero attached hydrogens (tertiary/aromatic N) is 4. The third-order valence-corrected chi connectivity index (χ3v) is 5.93. The summed E-state index contributed by atoms with van der Waals surface area (Å²) in [6.07, 6.45) is 3.09. The van der Waals surface area contributed by atoms with Crippen LogP contribution in [0.3, 0.4) is 0 Å². The summed E-state index contributed by atoms with van der Waals surface area (Å²) in [5, 5.41) is 7.20. The van der Waals surface area contributed by atoms with Crippen LogP contribution in [0.15, 0.2) is 79.5 Å². The summed E-state index contributed by atoms with van der Waals surface area (Å²) in [5.41, 5.74) is 6.61. The normalized spacial score (nSPS) is 10.9. The number of benzene rings is 3. The first-order valence-corrected chi connectivity index (χ1v) is 11.9. The Morgan fingerprint density at radius 1 is 1.03 bits per heavy atom. The first kappa shape index (κ1) is 24.9. The highest BCUT2D eigenvalue weighted by atomic mass is 16.1. The molecule has 0 aliphatic heterocycles.